The minimum absolute atomic E-state index is 0.0138. The van der Waals surface area contributed by atoms with E-state index < -0.39 is 10.5 Å². The number of fused-ring (bicyclic) bond motifs is 1. The van der Waals surface area contributed by atoms with Crippen LogP contribution in [-0.2, 0) is 6.54 Å². The third kappa shape index (κ3) is 2.86. The third-order valence-corrected chi connectivity index (χ3v) is 3.37. The van der Waals surface area contributed by atoms with Crippen molar-refractivity contribution in [2.75, 3.05) is 0 Å². The fourth-order valence-electron chi connectivity index (χ4n) is 2.26. The van der Waals surface area contributed by atoms with Gasteiger partial charge in [-0.3, -0.25) is 24.1 Å². The molecule has 8 heteroatoms. The molecule has 3 aromatic rings. The lowest BCUT2D eigenvalue weighted by Crippen LogP contribution is -2.22. The Bertz CT molecular complexity index is 1040. The molecule has 0 N–H and O–H groups in total. The molecule has 0 bridgehead atoms. The molecule has 0 aromatic carbocycles. The molecule has 8 nitrogen and oxygen atoms in total. The number of nitrogens with zero attached hydrogens (tertiary/aromatic N) is 4. The second-order valence-corrected chi connectivity index (χ2v) is 5.13. The van der Waals surface area contributed by atoms with E-state index in [1.807, 2.05) is 13.0 Å². The third-order valence-electron chi connectivity index (χ3n) is 3.37. The Labute approximate surface area is 129 Å². The van der Waals surface area contributed by atoms with Crippen LogP contribution in [0.2, 0.25) is 0 Å². The maximum Gasteiger partial charge on any atom is 0.285 e. The summed E-state index contributed by atoms with van der Waals surface area (Å²) in [5, 5.41) is 10.8. The summed E-state index contributed by atoms with van der Waals surface area (Å²) in [5.74, 6) is 0. The highest BCUT2D eigenvalue weighted by molar-refractivity contribution is 5.40. The van der Waals surface area contributed by atoms with E-state index in [9.17, 15) is 19.7 Å². The molecule has 0 saturated heterocycles. The lowest BCUT2D eigenvalue weighted by Gasteiger charge is -2.07. The van der Waals surface area contributed by atoms with Crippen LogP contribution in [0.5, 0.6) is 0 Å². The lowest BCUT2D eigenvalue weighted by atomic mass is 10.3. The highest BCUT2D eigenvalue weighted by atomic mass is 16.6. The van der Waals surface area contributed by atoms with Crippen molar-refractivity contribution >= 4 is 11.3 Å². The first kappa shape index (κ1) is 14.6. The molecule has 23 heavy (non-hydrogen) atoms. The van der Waals surface area contributed by atoms with Gasteiger partial charge in [0.25, 0.3) is 16.8 Å². The van der Waals surface area contributed by atoms with Gasteiger partial charge in [0.1, 0.15) is 5.65 Å². The molecule has 0 radical (unpaired) electrons. The Balaban J connectivity index is 2.07. The summed E-state index contributed by atoms with van der Waals surface area (Å²) in [7, 11) is 0. The lowest BCUT2D eigenvalue weighted by molar-refractivity contribution is -0.385. The monoisotopic (exact) mass is 312 g/mol. The van der Waals surface area contributed by atoms with Gasteiger partial charge in [-0.1, -0.05) is 6.07 Å². The first-order valence-electron chi connectivity index (χ1n) is 6.78. The van der Waals surface area contributed by atoms with E-state index in [0.29, 0.717) is 11.3 Å². The average Bonchev–Trinajstić information content (AvgIpc) is 2.50. The summed E-state index contributed by atoms with van der Waals surface area (Å²) >= 11 is 0. The molecule has 3 heterocycles. The predicted octanol–water partition coefficient (Wildman–Crippen LogP) is 1.12. The number of pyridine rings is 2. The van der Waals surface area contributed by atoms with Crippen LogP contribution < -0.4 is 11.1 Å². The molecular formula is C15H12N4O4. The van der Waals surface area contributed by atoms with Gasteiger partial charge >= 0.3 is 0 Å². The van der Waals surface area contributed by atoms with E-state index in [1.54, 1.807) is 12.3 Å². The Hall–Kier alpha value is -3.29. The smallest absolute Gasteiger partial charge is 0.285 e. The zero-order chi connectivity index (χ0) is 16.6. The molecule has 0 aliphatic rings. The zero-order valence-corrected chi connectivity index (χ0v) is 12.2. The van der Waals surface area contributed by atoms with Crippen molar-refractivity contribution < 1.29 is 4.92 Å². The predicted molar refractivity (Wildman–Crippen MR) is 82.7 cm³/mol. The number of aryl methyl sites for hydroxylation is 1. The Morgan fingerprint density at radius 3 is 2.65 bits per heavy atom. The van der Waals surface area contributed by atoms with Gasteiger partial charge in [-0.25, -0.2) is 4.98 Å². The largest absolute Gasteiger partial charge is 0.303 e. The van der Waals surface area contributed by atoms with E-state index in [-0.39, 0.29) is 17.8 Å². The summed E-state index contributed by atoms with van der Waals surface area (Å²) in [6, 6.07) is 7.11. The molecule has 3 rings (SSSR count). The molecule has 3 aromatic heterocycles. The van der Waals surface area contributed by atoms with Gasteiger partial charge in [0.2, 0.25) is 0 Å². The van der Waals surface area contributed by atoms with E-state index in [1.165, 1.54) is 10.5 Å². The van der Waals surface area contributed by atoms with Crippen LogP contribution in [0, 0.1) is 17.0 Å². The summed E-state index contributed by atoms with van der Waals surface area (Å²) < 4.78 is 2.57. The Morgan fingerprint density at radius 2 is 1.91 bits per heavy atom. The van der Waals surface area contributed by atoms with Gasteiger partial charge in [-0.05, 0) is 18.6 Å². The maximum absolute atomic E-state index is 12.1. The van der Waals surface area contributed by atoms with Crippen LogP contribution in [0.15, 0.2) is 52.3 Å². The second-order valence-electron chi connectivity index (χ2n) is 5.13. The molecule has 0 atom stereocenters. The molecule has 116 valence electrons. The van der Waals surface area contributed by atoms with E-state index in [2.05, 4.69) is 4.98 Å². The second kappa shape index (κ2) is 5.48. The molecule has 0 fully saturated rings. The van der Waals surface area contributed by atoms with Crippen molar-refractivity contribution in [1.82, 2.24) is 14.0 Å². The first-order chi connectivity index (χ1) is 10.9. The van der Waals surface area contributed by atoms with E-state index in [0.717, 1.165) is 28.5 Å². The number of nitro groups is 1. The van der Waals surface area contributed by atoms with Gasteiger partial charge in [-0.2, -0.15) is 0 Å². The summed E-state index contributed by atoms with van der Waals surface area (Å²) in [6.45, 7) is 1.85. The summed E-state index contributed by atoms with van der Waals surface area (Å²) in [6.07, 6.45) is 2.81. The number of hydrogen-bond donors (Lipinski definition) is 0. The van der Waals surface area contributed by atoms with Gasteiger partial charge in [0.05, 0.1) is 23.4 Å². The molecular weight excluding hydrogens is 300 g/mol. The topological polar surface area (TPSA) is 99.5 Å². The van der Waals surface area contributed by atoms with Gasteiger partial charge < -0.3 is 4.57 Å². The Morgan fingerprint density at radius 1 is 1.13 bits per heavy atom. The standard InChI is InChI=1S/C15H12N4O4/c1-10-2-4-13-16-11(6-15(21)18(13)7-10)8-17-9-12(19(22)23)3-5-14(17)20/h2-7,9H,8H2,1H3. The molecule has 0 aliphatic carbocycles. The van der Waals surface area contributed by atoms with Crippen LogP contribution in [0.3, 0.4) is 0 Å². The minimum atomic E-state index is -0.582. The van der Waals surface area contributed by atoms with Crippen LogP contribution in [-0.4, -0.2) is 18.9 Å². The van der Waals surface area contributed by atoms with Crippen molar-refractivity contribution in [3.8, 4) is 0 Å². The van der Waals surface area contributed by atoms with Crippen LogP contribution in [0.4, 0.5) is 5.69 Å². The van der Waals surface area contributed by atoms with Crippen LogP contribution >= 0.6 is 0 Å². The SMILES string of the molecule is Cc1ccc2nc(Cn3cc([N+](=O)[O-])ccc3=O)cc(=O)n2c1. The molecule has 0 spiro atoms. The van der Waals surface area contributed by atoms with Gasteiger partial charge in [-0.15, -0.1) is 0 Å². The fourth-order valence-corrected chi connectivity index (χ4v) is 2.26. The van der Waals surface area contributed by atoms with Crippen LogP contribution in [0.25, 0.3) is 5.65 Å². The van der Waals surface area contributed by atoms with E-state index in [4.69, 9.17) is 0 Å². The van der Waals surface area contributed by atoms with Crippen LogP contribution in [0.1, 0.15) is 11.3 Å². The minimum Gasteiger partial charge on any atom is -0.303 e. The maximum atomic E-state index is 12.1. The fraction of sp³-hybridized carbons (Fsp3) is 0.133. The molecule has 0 saturated carbocycles. The van der Waals surface area contributed by atoms with Crippen molar-refractivity contribution in [2.45, 2.75) is 13.5 Å². The van der Waals surface area contributed by atoms with Crippen molar-refractivity contribution in [3.05, 3.63) is 84.8 Å². The number of hydrogen-bond acceptors (Lipinski definition) is 5. The zero-order valence-electron chi connectivity index (χ0n) is 12.2. The average molecular weight is 312 g/mol. The van der Waals surface area contributed by atoms with Crippen molar-refractivity contribution in [1.29, 1.82) is 0 Å². The number of aromatic nitrogens is 3. The van der Waals surface area contributed by atoms with Gasteiger partial charge in [0.15, 0.2) is 0 Å². The highest BCUT2D eigenvalue weighted by Crippen LogP contribution is 2.08. The van der Waals surface area contributed by atoms with E-state index >= 15 is 0 Å². The molecule has 0 amide bonds. The summed E-state index contributed by atoms with van der Waals surface area (Å²) in [5.41, 5.74) is 0.869. The van der Waals surface area contributed by atoms with Gasteiger partial charge in [0, 0.05) is 24.4 Å². The summed E-state index contributed by atoms with van der Waals surface area (Å²) in [4.78, 5) is 38.5. The molecule has 0 aliphatic heterocycles. The Kier molecular flexibility index (Phi) is 3.49. The van der Waals surface area contributed by atoms with Crippen molar-refractivity contribution in [3.63, 3.8) is 0 Å². The normalized spacial score (nSPS) is 10.8. The number of rotatable bonds is 3. The van der Waals surface area contributed by atoms with Crippen molar-refractivity contribution in [2.24, 2.45) is 0 Å². The first-order valence-corrected chi connectivity index (χ1v) is 6.78. The quantitative estimate of drug-likeness (QED) is 0.533. The highest BCUT2D eigenvalue weighted by Gasteiger charge is 2.10. The molecule has 0 unspecified atom stereocenters.